The molecule has 7 N–H and O–H groups in total. The summed E-state index contributed by atoms with van der Waals surface area (Å²) in [5.74, 6) is -1.10. The first-order valence-corrected chi connectivity index (χ1v) is 7.72. The lowest BCUT2D eigenvalue weighted by atomic mass is 10.1. The molecule has 134 valence electrons. The zero-order chi connectivity index (χ0) is 18.4. The van der Waals surface area contributed by atoms with Gasteiger partial charge in [-0.2, -0.15) is 0 Å². The van der Waals surface area contributed by atoms with Gasteiger partial charge in [0.05, 0.1) is 0 Å². The molecule has 0 radical (unpaired) electrons. The van der Waals surface area contributed by atoms with Gasteiger partial charge in [-0.1, -0.05) is 18.2 Å². The lowest BCUT2D eigenvalue weighted by molar-refractivity contribution is -0.139. The van der Waals surface area contributed by atoms with Crippen LogP contribution >= 0.6 is 0 Å². The van der Waals surface area contributed by atoms with Crippen molar-refractivity contribution in [1.82, 2.24) is 5.43 Å². The number of para-hydroxylation sites is 1. The zero-order valence-electron chi connectivity index (χ0n) is 13.8. The van der Waals surface area contributed by atoms with Crippen LogP contribution in [0.2, 0.25) is 0 Å². The number of rotatable bonds is 8. The number of nitrogens with two attached hydrogens (primary N) is 2. The van der Waals surface area contributed by atoms with E-state index >= 15 is 0 Å². The number of benzene rings is 1. The fraction of sp³-hybridized carbons (Fsp3) is 0.312. The van der Waals surface area contributed by atoms with Crippen molar-refractivity contribution < 1.29 is 14.3 Å². The molecule has 9 nitrogen and oxygen atoms in total. The minimum Gasteiger partial charge on any atom is -0.480 e. The highest BCUT2D eigenvalue weighted by Crippen LogP contribution is 2.21. The number of anilines is 1. The summed E-state index contributed by atoms with van der Waals surface area (Å²) < 4.78 is 5.24. The Kier molecular flexibility index (Phi) is 5.96. The number of nitrogens with one attached hydrogen (secondary N) is 2. The maximum absolute atomic E-state index is 12.1. The summed E-state index contributed by atoms with van der Waals surface area (Å²) >= 11 is 0. The summed E-state index contributed by atoms with van der Waals surface area (Å²) in [6, 6.07) is 6.20. The molecular weight excluding hydrogens is 326 g/mol. The van der Waals surface area contributed by atoms with Crippen LogP contribution in [0.4, 0.5) is 5.69 Å². The third kappa shape index (κ3) is 4.70. The fourth-order valence-corrected chi connectivity index (χ4v) is 2.37. The predicted octanol–water partition coefficient (Wildman–Crippen LogP) is 0.525. The highest BCUT2D eigenvalue weighted by Gasteiger charge is 2.18. The third-order valence-corrected chi connectivity index (χ3v) is 3.69. The topological polar surface area (TPSA) is 156 Å². The van der Waals surface area contributed by atoms with E-state index in [1.165, 1.54) is 0 Å². The standard InChI is InChI=1S/C16H21N5O4/c1-9-10-5-2-3-7-12(10)25-15(24)13(9)21-20-11(14(22)23)6-4-8-19-16(17)18/h2-3,5,7,11,20-21H,4,6,8H2,1H3,(H,22,23)(H4,17,18,19)/t11-/m0/s1. The zero-order valence-corrected chi connectivity index (χ0v) is 13.8. The Morgan fingerprint density at radius 2 is 2.08 bits per heavy atom. The average Bonchev–Trinajstić information content (AvgIpc) is 2.55. The highest BCUT2D eigenvalue weighted by molar-refractivity contribution is 5.84. The number of fused-ring (bicyclic) bond motifs is 1. The van der Waals surface area contributed by atoms with Gasteiger partial charge in [0.1, 0.15) is 17.3 Å². The Hall–Kier alpha value is -3.07. The number of guanidine groups is 1. The number of aliphatic imine (C=N–C) groups is 1. The lowest BCUT2D eigenvalue weighted by Crippen LogP contribution is -2.41. The van der Waals surface area contributed by atoms with E-state index in [1.54, 1.807) is 19.1 Å². The molecule has 1 aromatic heterocycles. The Bertz CT molecular complexity index is 842. The number of carboxylic acid groups (broad SMARTS) is 1. The first-order chi connectivity index (χ1) is 11.9. The van der Waals surface area contributed by atoms with Crippen molar-refractivity contribution in [2.24, 2.45) is 16.5 Å². The molecule has 0 fully saturated rings. The van der Waals surface area contributed by atoms with Crippen molar-refractivity contribution in [3.63, 3.8) is 0 Å². The number of hydrogen-bond donors (Lipinski definition) is 5. The number of carboxylic acids is 1. The van der Waals surface area contributed by atoms with Gasteiger partial charge >= 0.3 is 11.6 Å². The smallest absolute Gasteiger partial charge is 0.361 e. The van der Waals surface area contributed by atoms with Gasteiger partial charge in [0.15, 0.2) is 5.96 Å². The lowest BCUT2D eigenvalue weighted by Gasteiger charge is -2.16. The summed E-state index contributed by atoms with van der Waals surface area (Å²) in [7, 11) is 0. The number of hydrogen-bond acceptors (Lipinski definition) is 6. The van der Waals surface area contributed by atoms with Gasteiger partial charge in [-0.05, 0) is 31.4 Å². The molecule has 1 aromatic carbocycles. The summed E-state index contributed by atoms with van der Waals surface area (Å²) in [5.41, 5.74) is 16.5. The summed E-state index contributed by atoms with van der Waals surface area (Å²) in [5, 5.41) is 10.1. The summed E-state index contributed by atoms with van der Waals surface area (Å²) in [4.78, 5) is 27.3. The van der Waals surface area contributed by atoms with E-state index in [1.807, 2.05) is 12.1 Å². The fourth-order valence-electron chi connectivity index (χ4n) is 2.37. The largest absolute Gasteiger partial charge is 0.480 e. The molecule has 9 heteroatoms. The highest BCUT2D eigenvalue weighted by atomic mass is 16.4. The van der Waals surface area contributed by atoms with Gasteiger partial charge in [0.25, 0.3) is 0 Å². The first-order valence-electron chi connectivity index (χ1n) is 7.72. The van der Waals surface area contributed by atoms with Crippen molar-refractivity contribution in [2.45, 2.75) is 25.8 Å². The predicted molar refractivity (Wildman–Crippen MR) is 95.3 cm³/mol. The van der Waals surface area contributed by atoms with Crippen molar-refractivity contribution in [3.8, 4) is 0 Å². The number of aliphatic carboxylic acids is 1. The normalized spacial score (nSPS) is 11.9. The minimum absolute atomic E-state index is 0.0395. The van der Waals surface area contributed by atoms with Crippen LogP contribution in [0.3, 0.4) is 0 Å². The molecule has 2 rings (SSSR count). The number of carbonyl (C=O) groups is 1. The van der Waals surface area contributed by atoms with E-state index < -0.39 is 17.6 Å². The maximum atomic E-state index is 12.1. The van der Waals surface area contributed by atoms with Crippen LogP contribution in [-0.4, -0.2) is 29.6 Å². The molecule has 1 heterocycles. The van der Waals surface area contributed by atoms with Gasteiger partial charge < -0.3 is 26.4 Å². The van der Waals surface area contributed by atoms with Crippen LogP contribution in [0.5, 0.6) is 0 Å². The van der Waals surface area contributed by atoms with Crippen molar-refractivity contribution in [3.05, 3.63) is 40.2 Å². The molecule has 0 saturated heterocycles. The van der Waals surface area contributed by atoms with E-state index in [9.17, 15) is 14.7 Å². The number of aryl methyl sites for hydroxylation is 1. The molecule has 0 bridgehead atoms. The minimum atomic E-state index is -1.06. The number of nitrogens with zero attached hydrogens (tertiary/aromatic N) is 1. The molecular formula is C16H21N5O4. The van der Waals surface area contributed by atoms with Crippen molar-refractivity contribution in [1.29, 1.82) is 0 Å². The van der Waals surface area contributed by atoms with Gasteiger partial charge in [-0.3, -0.25) is 9.79 Å². The molecule has 0 aliphatic rings. The van der Waals surface area contributed by atoms with E-state index in [2.05, 4.69) is 15.8 Å². The first kappa shape index (κ1) is 18.3. The molecule has 0 unspecified atom stereocenters. The van der Waals surface area contributed by atoms with Crippen LogP contribution in [0.25, 0.3) is 11.0 Å². The molecule has 25 heavy (non-hydrogen) atoms. The second-order valence-electron chi connectivity index (χ2n) is 5.49. The van der Waals surface area contributed by atoms with Crippen molar-refractivity contribution in [2.75, 3.05) is 12.0 Å². The van der Waals surface area contributed by atoms with Crippen LogP contribution in [0.15, 0.2) is 38.5 Å². The van der Waals surface area contributed by atoms with E-state index in [4.69, 9.17) is 15.9 Å². The molecule has 2 aromatic rings. The average molecular weight is 347 g/mol. The monoisotopic (exact) mass is 347 g/mol. The Labute approximate surface area is 143 Å². The van der Waals surface area contributed by atoms with Crippen LogP contribution in [0, 0.1) is 6.92 Å². The maximum Gasteiger partial charge on any atom is 0.361 e. The summed E-state index contributed by atoms with van der Waals surface area (Å²) in [6.45, 7) is 2.09. The van der Waals surface area contributed by atoms with Crippen LogP contribution in [0.1, 0.15) is 18.4 Å². The van der Waals surface area contributed by atoms with Gasteiger partial charge in [-0.25, -0.2) is 10.2 Å². The molecule has 0 aliphatic carbocycles. The molecule has 0 saturated carbocycles. The Morgan fingerprint density at radius 1 is 1.36 bits per heavy atom. The molecule has 0 spiro atoms. The van der Waals surface area contributed by atoms with Crippen LogP contribution in [-0.2, 0) is 4.79 Å². The Morgan fingerprint density at radius 3 is 2.76 bits per heavy atom. The quantitative estimate of drug-likeness (QED) is 0.152. The van der Waals surface area contributed by atoms with Gasteiger partial charge in [0, 0.05) is 11.9 Å². The number of hydrazine groups is 1. The van der Waals surface area contributed by atoms with Gasteiger partial charge in [-0.15, -0.1) is 0 Å². The second kappa shape index (κ2) is 8.15. The van der Waals surface area contributed by atoms with E-state index in [0.29, 0.717) is 24.1 Å². The second-order valence-corrected chi connectivity index (χ2v) is 5.49. The van der Waals surface area contributed by atoms with Gasteiger partial charge in [0.2, 0.25) is 0 Å². The third-order valence-electron chi connectivity index (χ3n) is 3.69. The van der Waals surface area contributed by atoms with Crippen molar-refractivity contribution >= 4 is 28.6 Å². The van der Waals surface area contributed by atoms with E-state index in [0.717, 1.165) is 5.39 Å². The SMILES string of the molecule is Cc1c(NN[C@@H](CCCN=C(N)N)C(=O)O)c(=O)oc2ccccc12. The Balaban J connectivity index is 2.10. The molecule has 0 amide bonds. The van der Waals surface area contributed by atoms with E-state index in [-0.39, 0.29) is 18.1 Å². The van der Waals surface area contributed by atoms with Crippen LogP contribution < -0.4 is 27.9 Å². The molecule has 0 aliphatic heterocycles. The molecule has 1 atom stereocenters. The summed E-state index contributed by atoms with van der Waals surface area (Å²) in [6.07, 6.45) is 0.742.